The third-order valence-electron chi connectivity index (χ3n) is 7.46. The molecule has 2 atom stereocenters. The van der Waals surface area contributed by atoms with E-state index in [0.29, 0.717) is 18.1 Å². The zero-order valence-electron chi connectivity index (χ0n) is 18.7. The number of nitrogens with zero attached hydrogens (tertiary/aromatic N) is 7. The van der Waals surface area contributed by atoms with Gasteiger partial charge in [-0.25, -0.2) is 4.68 Å². The van der Waals surface area contributed by atoms with Crippen molar-refractivity contribution < 1.29 is 4.74 Å². The molecule has 3 aliphatic rings. The average Bonchev–Trinajstić information content (AvgIpc) is 3.49. The molecule has 0 N–H and O–H groups in total. The molecule has 7 rings (SSSR count). The summed E-state index contributed by atoms with van der Waals surface area (Å²) in [7, 11) is 0. The van der Waals surface area contributed by atoms with Crippen LogP contribution in [-0.4, -0.2) is 48.2 Å². The largest absolute Gasteiger partial charge is 0.453 e. The van der Waals surface area contributed by atoms with E-state index in [-0.39, 0.29) is 0 Å². The third-order valence-corrected chi connectivity index (χ3v) is 7.46. The Bertz CT molecular complexity index is 1300. The number of piperidine rings is 1. The Morgan fingerprint density at radius 3 is 2.47 bits per heavy atom. The Morgan fingerprint density at radius 2 is 1.68 bits per heavy atom. The molecule has 0 radical (unpaired) electrons. The zero-order chi connectivity index (χ0) is 22.5. The molecule has 2 bridgehead atoms. The quantitative estimate of drug-likeness (QED) is 0.452. The van der Waals surface area contributed by atoms with Gasteiger partial charge in [0.2, 0.25) is 0 Å². The maximum absolute atomic E-state index is 6.36. The lowest BCUT2D eigenvalue weighted by atomic mass is 9.93. The molecule has 0 spiro atoms. The molecule has 8 heteroatoms. The molecule has 170 valence electrons. The van der Waals surface area contributed by atoms with E-state index in [9.17, 15) is 0 Å². The average molecular weight is 452 g/mol. The Labute approximate surface area is 197 Å². The van der Waals surface area contributed by atoms with Crippen LogP contribution >= 0.6 is 0 Å². The van der Waals surface area contributed by atoms with Gasteiger partial charge in [-0.15, -0.1) is 5.10 Å². The highest BCUT2D eigenvalue weighted by Crippen LogP contribution is 2.51. The first kappa shape index (κ1) is 19.7. The van der Waals surface area contributed by atoms with Crippen LogP contribution in [0.5, 0.6) is 11.5 Å². The number of anilines is 2. The van der Waals surface area contributed by atoms with Gasteiger partial charge >= 0.3 is 0 Å². The molecule has 0 amide bonds. The summed E-state index contributed by atoms with van der Waals surface area (Å²) in [5, 5.41) is 11.6. The van der Waals surface area contributed by atoms with Gasteiger partial charge in [-0.3, -0.25) is 9.88 Å². The zero-order valence-corrected chi connectivity index (χ0v) is 18.7. The fraction of sp³-hybridized carbons (Fsp3) is 0.308. The lowest BCUT2D eigenvalue weighted by Gasteiger charge is -2.45. The van der Waals surface area contributed by atoms with E-state index >= 15 is 0 Å². The van der Waals surface area contributed by atoms with Gasteiger partial charge in [-0.05, 0) is 72.5 Å². The first-order valence-electron chi connectivity index (χ1n) is 11.9. The molecule has 4 aromatic rings. The molecule has 2 aromatic heterocycles. The molecule has 8 nitrogen and oxygen atoms in total. The summed E-state index contributed by atoms with van der Waals surface area (Å²) in [5.41, 5.74) is 4.30. The molecule has 0 aliphatic carbocycles. The van der Waals surface area contributed by atoms with Crippen molar-refractivity contribution in [1.29, 1.82) is 0 Å². The van der Waals surface area contributed by atoms with Crippen LogP contribution in [0.25, 0.3) is 5.69 Å². The first-order valence-corrected chi connectivity index (χ1v) is 11.9. The van der Waals surface area contributed by atoms with Gasteiger partial charge in [0, 0.05) is 36.9 Å². The van der Waals surface area contributed by atoms with Gasteiger partial charge in [0.05, 0.1) is 22.8 Å². The Balaban J connectivity index is 1.22. The van der Waals surface area contributed by atoms with E-state index in [1.807, 2.05) is 24.4 Å². The second kappa shape index (κ2) is 7.92. The topological polar surface area (TPSA) is 72.2 Å². The lowest BCUT2D eigenvalue weighted by Crippen LogP contribution is -2.49. The van der Waals surface area contributed by atoms with E-state index in [4.69, 9.17) is 4.74 Å². The monoisotopic (exact) mass is 451 g/mol. The highest BCUT2D eigenvalue weighted by Gasteiger charge is 2.44. The predicted octanol–water partition coefficient (Wildman–Crippen LogP) is 4.50. The third kappa shape index (κ3) is 3.25. The molecule has 3 aliphatic heterocycles. The summed E-state index contributed by atoms with van der Waals surface area (Å²) >= 11 is 0. The highest BCUT2D eigenvalue weighted by molar-refractivity contribution is 5.79. The van der Waals surface area contributed by atoms with Crippen LogP contribution in [0.1, 0.15) is 31.4 Å². The van der Waals surface area contributed by atoms with Gasteiger partial charge < -0.3 is 9.64 Å². The number of hydrogen-bond acceptors (Lipinski definition) is 7. The number of fused-ring (bicyclic) bond motifs is 4. The molecule has 0 saturated carbocycles. The number of ether oxygens (including phenoxy) is 1. The summed E-state index contributed by atoms with van der Waals surface area (Å²) < 4.78 is 8.02. The van der Waals surface area contributed by atoms with Crippen LogP contribution in [-0.2, 0) is 6.54 Å². The summed E-state index contributed by atoms with van der Waals surface area (Å²) in [6, 6.07) is 22.4. The maximum Gasteiger partial charge on any atom is 0.153 e. The van der Waals surface area contributed by atoms with Crippen molar-refractivity contribution in [2.75, 3.05) is 4.90 Å². The molecule has 2 aromatic carbocycles. The normalized spacial score (nSPS) is 23.3. The standard InChI is InChI=1S/C26H25N7O/c1-2-7-25-23(6-1)33(24-11-10-21(15-26(24)34-25)32-17-28-29-30-32)22-13-19-8-9-20(14-22)31(19)16-18-5-3-4-12-27-18/h1-7,10-12,15,17,19-20,22H,8-9,13-14,16H2. The highest BCUT2D eigenvalue weighted by atomic mass is 16.5. The van der Waals surface area contributed by atoms with Crippen molar-refractivity contribution in [2.45, 2.75) is 50.4 Å². The summed E-state index contributed by atoms with van der Waals surface area (Å²) in [4.78, 5) is 9.78. The van der Waals surface area contributed by atoms with E-state index in [1.54, 1.807) is 11.0 Å². The van der Waals surface area contributed by atoms with Crippen molar-refractivity contribution in [3.63, 3.8) is 0 Å². The van der Waals surface area contributed by atoms with Gasteiger partial charge in [0.1, 0.15) is 6.33 Å². The molecule has 5 heterocycles. The van der Waals surface area contributed by atoms with Crippen molar-refractivity contribution in [3.8, 4) is 17.2 Å². The number of tetrazole rings is 1. The predicted molar refractivity (Wildman–Crippen MR) is 127 cm³/mol. The minimum atomic E-state index is 0.417. The molecular formula is C26H25N7O. The minimum Gasteiger partial charge on any atom is -0.453 e. The number of hydrogen-bond donors (Lipinski definition) is 0. The second-order valence-corrected chi connectivity index (χ2v) is 9.35. The Hall–Kier alpha value is -3.78. The van der Waals surface area contributed by atoms with E-state index in [0.717, 1.165) is 53.6 Å². The number of aromatic nitrogens is 5. The fourth-order valence-electron chi connectivity index (χ4n) is 5.98. The maximum atomic E-state index is 6.36. The van der Waals surface area contributed by atoms with Gasteiger partial charge in [-0.1, -0.05) is 18.2 Å². The molecule has 34 heavy (non-hydrogen) atoms. The number of para-hydroxylation sites is 2. The van der Waals surface area contributed by atoms with E-state index < -0.39 is 0 Å². The van der Waals surface area contributed by atoms with Crippen molar-refractivity contribution >= 4 is 11.4 Å². The van der Waals surface area contributed by atoms with Gasteiger partial charge in [-0.2, -0.15) is 0 Å². The van der Waals surface area contributed by atoms with E-state index in [1.165, 1.54) is 12.8 Å². The van der Waals surface area contributed by atoms with Crippen LogP contribution in [0.15, 0.2) is 73.2 Å². The number of pyridine rings is 1. The van der Waals surface area contributed by atoms with Gasteiger partial charge in [0.25, 0.3) is 0 Å². The first-order chi connectivity index (χ1) is 16.8. The smallest absolute Gasteiger partial charge is 0.153 e. The second-order valence-electron chi connectivity index (χ2n) is 9.35. The molecular weight excluding hydrogens is 426 g/mol. The van der Waals surface area contributed by atoms with Crippen molar-refractivity contribution in [2.24, 2.45) is 0 Å². The van der Waals surface area contributed by atoms with Crippen molar-refractivity contribution in [1.82, 2.24) is 30.1 Å². The van der Waals surface area contributed by atoms with E-state index in [2.05, 4.69) is 72.8 Å². The summed E-state index contributed by atoms with van der Waals surface area (Å²) in [6.07, 6.45) is 8.27. The Kier molecular flexibility index (Phi) is 4.58. The van der Waals surface area contributed by atoms with Crippen molar-refractivity contribution in [3.05, 3.63) is 78.9 Å². The van der Waals surface area contributed by atoms with Crippen LogP contribution in [0, 0.1) is 0 Å². The van der Waals surface area contributed by atoms with Gasteiger partial charge in [0.15, 0.2) is 11.5 Å². The summed E-state index contributed by atoms with van der Waals surface area (Å²) in [5.74, 6) is 1.74. The fourth-order valence-corrected chi connectivity index (χ4v) is 5.98. The SMILES string of the molecule is c1ccc(CN2C3CCC2CC(N2c4ccccc4Oc4cc(-n5cnnn5)ccc42)C3)nc1. The summed E-state index contributed by atoms with van der Waals surface area (Å²) in [6.45, 7) is 0.939. The van der Waals surface area contributed by atoms with Crippen LogP contribution in [0.4, 0.5) is 11.4 Å². The molecule has 2 fully saturated rings. The van der Waals surface area contributed by atoms with Crippen LogP contribution in [0.3, 0.4) is 0 Å². The van der Waals surface area contributed by atoms with Crippen LogP contribution in [0.2, 0.25) is 0 Å². The lowest BCUT2D eigenvalue weighted by molar-refractivity contribution is 0.118. The number of rotatable bonds is 4. The molecule has 2 unspecified atom stereocenters. The van der Waals surface area contributed by atoms with Crippen LogP contribution < -0.4 is 9.64 Å². The minimum absolute atomic E-state index is 0.417. The molecule has 2 saturated heterocycles. The number of benzene rings is 2. The Morgan fingerprint density at radius 1 is 0.853 bits per heavy atom.